The van der Waals surface area contributed by atoms with Crippen LogP contribution in [0.3, 0.4) is 0 Å². The van der Waals surface area contributed by atoms with Gasteiger partial charge in [0, 0.05) is 26.5 Å². The van der Waals surface area contributed by atoms with E-state index in [1.54, 1.807) is 0 Å². The standard InChI is InChI=1S/C10H12N2/c1-11-7-3-6-10-9(11)5-4-8-12(10)2/h3-8H,1-2H3. The highest BCUT2D eigenvalue weighted by Crippen LogP contribution is 2.24. The molecule has 0 fully saturated rings. The van der Waals surface area contributed by atoms with E-state index in [4.69, 9.17) is 0 Å². The zero-order valence-electron chi connectivity index (χ0n) is 7.36. The minimum atomic E-state index is 1.25. The van der Waals surface area contributed by atoms with E-state index in [2.05, 4.69) is 60.6 Å². The third kappa shape index (κ3) is 0.961. The first kappa shape index (κ1) is 7.22. The van der Waals surface area contributed by atoms with E-state index < -0.39 is 0 Å². The van der Waals surface area contributed by atoms with E-state index in [1.807, 2.05) is 0 Å². The molecule has 0 saturated heterocycles. The summed E-state index contributed by atoms with van der Waals surface area (Å²) in [6.45, 7) is 0. The van der Waals surface area contributed by atoms with Crippen molar-refractivity contribution >= 4 is 0 Å². The van der Waals surface area contributed by atoms with Crippen molar-refractivity contribution in [3.05, 3.63) is 48.1 Å². The van der Waals surface area contributed by atoms with Crippen LogP contribution in [0, 0.1) is 0 Å². The first-order valence-electron chi connectivity index (χ1n) is 4.02. The van der Waals surface area contributed by atoms with Gasteiger partial charge >= 0.3 is 0 Å². The van der Waals surface area contributed by atoms with Gasteiger partial charge in [0.15, 0.2) is 0 Å². The molecule has 0 aromatic heterocycles. The Morgan fingerprint density at radius 3 is 1.67 bits per heavy atom. The predicted molar refractivity (Wildman–Crippen MR) is 50.0 cm³/mol. The molecule has 0 saturated carbocycles. The lowest BCUT2D eigenvalue weighted by molar-refractivity contribution is 0.483. The van der Waals surface area contributed by atoms with Gasteiger partial charge < -0.3 is 9.80 Å². The van der Waals surface area contributed by atoms with Crippen molar-refractivity contribution in [3.63, 3.8) is 0 Å². The summed E-state index contributed by atoms with van der Waals surface area (Å²) in [5.74, 6) is 0. The summed E-state index contributed by atoms with van der Waals surface area (Å²) < 4.78 is 0. The molecule has 0 aromatic carbocycles. The van der Waals surface area contributed by atoms with Gasteiger partial charge in [0.25, 0.3) is 0 Å². The van der Waals surface area contributed by atoms with Crippen molar-refractivity contribution in [2.45, 2.75) is 0 Å². The monoisotopic (exact) mass is 160 g/mol. The lowest BCUT2D eigenvalue weighted by atomic mass is 10.1. The molecule has 2 heterocycles. The summed E-state index contributed by atoms with van der Waals surface area (Å²) in [6, 6.07) is 0. The fourth-order valence-electron chi connectivity index (χ4n) is 1.45. The minimum absolute atomic E-state index is 1.25. The SMILES string of the molecule is CN1C=CC=C2C1=CC=CN2C. The molecule has 0 aromatic rings. The maximum Gasteiger partial charge on any atom is 0.0645 e. The predicted octanol–water partition coefficient (Wildman–Crippen LogP) is 1.67. The molecule has 0 bridgehead atoms. The molecule has 2 aliphatic rings. The highest BCUT2D eigenvalue weighted by molar-refractivity contribution is 5.41. The summed E-state index contributed by atoms with van der Waals surface area (Å²) in [6.07, 6.45) is 12.5. The molecule has 2 heteroatoms. The van der Waals surface area contributed by atoms with Gasteiger partial charge in [-0.3, -0.25) is 0 Å². The Morgan fingerprint density at radius 1 is 0.833 bits per heavy atom. The van der Waals surface area contributed by atoms with Gasteiger partial charge in [0.2, 0.25) is 0 Å². The Bertz CT molecular complexity index is 276. The second-order valence-electron chi connectivity index (χ2n) is 3.01. The fraction of sp³-hybridized carbons (Fsp3) is 0.200. The van der Waals surface area contributed by atoms with Gasteiger partial charge in [-0.1, -0.05) is 0 Å². The first-order chi connectivity index (χ1) is 5.79. The molecular formula is C10H12N2. The summed E-state index contributed by atoms with van der Waals surface area (Å²) in [4.78, 5) is 4.24. The number of fused-ring (bicyclic) bond motifs is 1. The van der Waals surface area contributed by atoms with Crippen LogP contribution in [0.2, 0.25) is 0 Å². The summed E-state index contributed by atoms with van der Waals surface area (Å²) in [5, 5.41) is 0. The topological polar surface area (TPSA) is 6.48 Å². The van der Waals surface area contributed by atoms with E-state index in [9.17, 15) is 0 Å². The molecular weight excluding hydrogens is 148 g/mol. The van der Waals surface area contributed by atoms with Gasteiger partial charge in [-0.2, -0.15) is 0 Å². The van der Waals surface area contributed by atoms with E-state index in [1.165, 1.54) is 11.4 Å². The zero-order valence-corrected chi connectivity index (χ0v) is 7.36. The van der Waals surface area contributed by atoms with Gasteiger partial charge in [-0.25, -0.2) is 0 Å². The van der Waals surface area contributed by atoms with Crippen LogP contribution in [0.1, 0.15) is 0 Å². The molecule has 0 aliphatic carbocycles. The smallest absolute Gasteiger partial charge is 0.0645 e. The van der Waals surface area contributed by atoms with Gasteiger partial charge in [-0.05, 0) is 24.3 Å². The van der Waals surface area contributed by atoms with E-state index in [0.717, 1.165) is 0 Å². The lowest BCUT2D eigenvalue weighted by Crippen LogP contribution is -2.24. The second-order valence-corrected chi connectivity index (χ2v) is 3.01. The van der Waals surface area contributed by atoms with Crippen molar-refractivity contribution < 1.29 is 0 Å². The number of allylic oxidation sites excluding steroid dienone is 4. The van der Waals surface area contributed by atoms with Crippen LogP contribution in [0.25, 0.3) is 0 Å². The van der Waals surface area contributed by atoms with E-state index in [0.29, 0.717) is 0 Å². The number of hydrogen-bond donors (Lipinski definition) is 0. The van der Waals surface area contributed by atoms with Crippen LogP contribution >= 0.6 is 0 Å². The number of hydrogen-bond acceptors (Lipinski definition) is 2. The Labute approximate surface area is 72.8 Å². The Morgan fingerprint density at radius 2 is 1.25 bits per heavy atom. The molecule has 2 aliphatic heterocycles. The highest BCUT2D eigenvalue weighted by Gasteiger charge is 2.15. The average molecular weight is 160 g/mol. The molecule has 62 valence electrons. The van der Waals surface area contributed by atoms with Crippen molar-refractivity contribution in [1.82, 2.24) is 9.80 Å². The van der Waals surface area contributed by atoms with E-state index in [-0.39, 0.29) is 0 Å². The van der Waals surface area contributed by atoms with Crippen LogP contribution in [0.15, 0.2) is 48.1 Å². The zero-order chi connectivity index (χ0) is 8.55. The van der Waals surface area contributed by atoms with Crippen molar-refractivity contribution in [1.29, 1.82) is 0 Å². The average Bonchev–Trinajstić information content (AvgIpc) is 2.07. The fourth-order valence-corrected chi connectivity index (χ4v) is 1.45. The molecule has 2 rings (SSSR count). The van der Waals surface area contributed by atoms with Gasteiger partial charge in [0.1, 0.15) is 0 Å². The Kier molecular flexibility index (Phi) is 1.54. The molecule has 0 radical (unpaired) electrons. The molecule has 0 spiro atoms. The van der Waals surface area contributed by atoms with Crippen molar-refractivity contribution in [3.8, 4) is 0 Å². The summed E-state index contributed by atoms with van der Waals surface area (Å²) in [7, 11) is 4.12. The molecule has 12 heavy (non-hydrogen) atoms. The Balaban J connectivity index is 2.43. The maximum absolute atomic E-state index is 2.12. The summed E-state index contributed by atoms with van der Waals surface area (Å²) in [5.41, 5.74) is 2.50. The Hall–Kier alpha value is -1.44. The second kappa shape index (κ2) is 2.55. The lowest BCUT2D eigenvalue weighted by Gasteiger charge is -2.30. The normalized spacial score (nSPS) is 20.5. The quantitative estimate of drug-likeness (QED) is 0.532. The van der Waals surface area contributed by atoms with Gasteiger partial charge in [0.05, 0.1) is 11.4 Å². The third-order valence-corrected chi connectivity index (χ3v) is 2.15. The van der Waals surface area contributed by atoms with Gasteiger partial charge in [-0.15, -0.1) is 0 Å². The summed E-state index contributed by atoms with van der Waals surface area (Å²) >= 11 is 0. The van der Waals surface area contributed by atoms with E-state index >= 15 is 0 Å². The molecule has 0 atom stereocenters. The molecule has 0 N–H and O–H groups in total. The highest BCUT2D eigenvalue weighted by atomic mass is 15.2. The number of likely N-dealkylation sites (N-methyl/N-ethyl adjacent to an activating group) is 2. The van der Waals surface area contributed by atoms with Crippen LogP contribution in [0.5, 0.6) is 0 Å². The van der Waals surface area contributed by atoms with Crippen molar-refractivity contribution in [2.75, 3.05) is 14.1 Å². The maximum atomic E-state index is 2.12. The largest absolute Gasteiger partial charge is 0.349 e. The molecule has 0 amide bonds. The van der Waals surface area contributed by atoms with Crippen LogP contribution in [-0.2, 0) is 0 Å². The first-order valence-corrected chi connectivity index (χ1v) is 4.02. The molecule has 0 unspecified atom stereocenters. The minimum Gasteiger partial charge on any atom is -0.349 e. The molecule has 2 nitrogen and oxygen atoms in total. The van der Waals surface area contributed by atoms with Crippen LogP contribution in [0.4, 0.5) is 0 Å². The van der Waals surface area contributed by atoms with Crippen LogP contribution in [-0.4, -0.2) is 23.9 Å². The number of rotatable bonds is 0. The third-order valence-electron chi connectivity index (χ3n) is 2.15. The van der Waals surface area contributed by atoms with Crippen molar-refractivity contribution in [2.24, 2.45) is 0 Å². The van der Waals surface area contributed by atoms with Crippen LogP contribution < -0.4 is 0 Å². The number of nitrogens with zero attached hydrogens (tertiary/aromatic N) is 2.